The number of alkyl halides is 9. The van der Waals surface area contributed by atoms with E-state index in [1.165, 1.54) is 17.0 Å². The summed E-state index contributed by atoms with van der Waals surface area (Å²) in [5.41, 5.74) is -1.22. The maximum atomic E-state index is 13.7. The van der Waals surface area contributed by atoms with E-state index in [0.717, 1.165) is 11.6 Å². The van der Waals surface area contributed by atoms with Crippen molar-refractivity contribution in [1.29, 1.82) is 0 Å². The van der Waals surface area contributed by atoms with E-state index in [4.69, 9.17) is 0 Å². The minimum absolute atomic E-state index is 0. The molecule has 0 heterocycles. The fourth-order valence-electron chi connectivity index (χ4n) is 6.03. The average Bonchev–Trinajstić information content (AvgIpc) is 2.99. The smallest absolute Gasteiger partial charge is 0.481 e. The molecule has 4 rings (SSSR count). The summed E-state index contributed by atoms with van der Waals surface area (Å²) in [7, 11) is 0. The lowest BCUT2D eigenvalue weighted by Crippen LogP contribution is -2.34. The summed E-state index contributed by atoms with van der Waals surface area (Å²) in [6.07, 6.45) is -12.9. The summed E-state index contributed by atoms with van der Waals surface area (Å²) in [6.45, 7) is 3.86. The first-order valence-electron chi connectivity index (χ1n) is 15.3. The number of hydrogen-bond acceptors (Lipinski definition) is 4. The van der Waals surface area contributed by atoms with Gasteiger partial charge in [-0.05, 0) is 105 Å². The number of halogens is 10. The molecular formula is C34H36ClF9N2O3. The van der Waals surface area contributed by atoms with E-state index in [2.05, 4.69) is 4.74 Å². The van der Waals surface area contributed by atoms with Gasteiger partial charge in [-0.1, -0.05) is 17.7 Å². The zero-order valence-corrected chi connectivity index (χ0v) is 27.4. The lowest BCUT2D eigenvalue weighted by atomic mass is 9.81. The van der Waals surface area contributed by atoms with Crippen molar-refractivity contribution in [2.24, 2.45) is 11.8 Å². The van der Waals surface area contributed by atoms with Crippen LogP contribution in [0.2, 0.25) is 0 Å². The molecule has 1 N–H and O–H groups in total. The molecule has 3 aromatic rings. The molecule has 1 aliphatic rings. The number of aryl methyl sites for hydroxylation is 1. The van der Waals surface area contributed by atoms with E-state index in [0.29, 0.717) is 67.8 Å². The van der Waals surface area contributed by atoms with E-state index in [-0.39, 0.29) is 36.5 Å². The SMILES string of the molecule is CCN(C[C@H]1CC[C@H](C(=O)O)CC1)c1ccc(OC(F)(F)F)cc1CN(Cc1cc(C(F)(F)F)cc(C(F)(F)F)c1)c1ccc(C)cc1.Cl. The molecule has 0 aromatic heterocycles. The van der Waals surface area contributed by atoms with Gasteiger partial charge in [-0.3, -0.25) is 4.79 Å². The van der Waals surface area contributed by atoms with Crippen LogP contribution in [0.5, 0.6) is 5.75 Å². The first-order valence-corrected chi connectivity index (χ1v) is 15.3. The zero-order chi connectivity index (χ0) is 35.4. The lowest BCUT2D eigenvalue weighted by Gasteiger charge is -2.34. The van der Waals surface area contributed by atoms with Gasteiger partial charge in [0.15, 0.2) is 0 Å². The highest BCUT2D eigenvalue weighted by molar-refractivity contribution is 5.85. The molecule has 0 atom stereocenters. The molecule has 270 valence electrons. The van der Waals surface area contributed by atoms with Crippen LogP contribution in [-0.2, 0) is 30.2 Å². The predicted molar refractivity (Wildman–Crippen MR) is 169 cm³/mol. The normalized spacial score (nSPS) is 16.9. The fraction of sp³-hybridized carbons (Fsp3) is 0.441. The van der Waals surface area contributed by atoms with Crippen LogP contribution in [0.25, 0.3) is 0 Å². The minimum atomic E-state index is -5.06. The molecule has 0 unspecified atom stereocenters. The second-order valence-electron chi connectivity index (χ2n) is 12.0. The molecule has 0 radical (unpaired) electrons. The molecule has 49 heavy (non-hydrogen) atoms. The first kappa shape index (κ1) is 39.6. The molecule has 5 nitrogen and oxygen atoms in total. The number of carbonyl (C=O) groups is 1. The van der Waals surface area contributed by atoms with Gasteiger partial charge in [0.05, 0.1) is 17.0 Å². The second kappa shape index (κ2) is 15.8. The van der Waals surface area contributed by atoms with E-state index in [1.54, 1.807) is 31.2 Å². The van der Waals surface area contributed by atoms with Crippen molar-refractivity contribution in [1.82, 2.24) is 0 Å². The highest BCUT2D eigenvalue weighted by atomic mass is 35.5. The van der Waals surface area contributed by atoms with Crippen molar-refractivity contribution < 1.29 is 54.2 Å². The summed E-state index contributed by atoms with van der Waals surface area (Å²) in [5.74, 6) is -1.75. The van der Waals surface area contributed by atoms with Crippen molar-refractivity contribution in [3.05, 3.63) is 88.5 Å². The number of ether oxygens (including phenoxy) is 1. The Labute approximate surface area is 284 Å². The number of benzene rings is 3. The number of aliphatic carboxylic acids is 1. The van der Waals surface area contributed by atoms with Gasteiger partial charge < -0.3 is 19.6 Å². The van der Waals surface area contributed by atoms with Gasteiger partial charge in [0.1, 0.15) is 5.75 Å². The largest absolute Gasteiger partial charge is 0.573 e. The maximum Gasteiger partial charge on any atom is 0.573 e. The fourth-order valence-corrected chi connectivity index (χ4v) is 6.03. The third-order valence-corrected chi connectivity index (χ3v) is 8.46. The van der Waals surface area contributed by atoms with Crippen LogP contribution in [-0.4, -0.2) is 30.5 Å². The van der Waals surface area contributed by atoms with Crippen LogP contribution in [0.15, 0.2) is 60.7 Å². The molecule has 1 aliphatic carbocycles. The summed E-state index contributed by atoms with van der Waals surface area (Å²) in [5, 5.41) is 9.36. The van der Waals surface area contributed by atoms with Crippen LogP contribution in [0.3, 0.4) is 0 Å². The molecule has 0 bridgehead atoms. The van der Waals surface area contributed by atoms with E-state index in [1.807, 2.05) is 11.8 Å². The molecule has 0 amide bonds. The number of anilines is 2. The number of carboxylic acid groups (broad SMARTS) is 1. The van der Waals surface area contributed by atoms with Gasteiger partial charge in [-0.25, -0.2) is 0 Å². The van der Waals surface area contributed by atoms with Crippen molar-refractivity contribution in [3.63, 3.8) is 0 Å². The van der Waals surface area contributed by atoms with Gasteiger partial charge in [0, 0.05) is 37.6 Å². The average molecular weight is 727 g/mol. The maximum absolute atomic E-state index is 13.7. The predicted octanol–water partition coefficient (Wildman–Crippen LogP) is 10.3. The van der Waals surface area contributed by atoms with Gasteiger partial charge >= 0.3 is 24.7 Å². The van der Waals surface area contributed by atoms with Gasteiger partial charge in [0.2, 0.25) is 0 Å². The molecule has 0 spiro atoms. The van der Waals surface area contributed by atoms with Gasteiger partial charge in [-0.15, -0.1) is 25.6 Å². The standard InChI is InChI=1S/C34H35F9N2O3.ClH/c1-3-44(18-22-6-8-24(9-7-22)31(46)47)30-13-12-29(48-34(41,42)43)16-25(30)20-45(28-10-4-21(2)5-11-28)19-23-14-26(32(35,36)37)17-27(15-23)33(38,39)40;/h4-5,10-17,22,24H,3,6-9,18-20H2,1-2H3,(H,46,47);1H/t22-,24-;. The van der Waals surface area contributed by atoms with Gasteiger partial charge in [-0.2, -0.15) is 26.3 Å². The number of rotatable bonds is 11. The molecule has 1 fully saturated rings. The number of carboxylic acids is 1. The zero-order valence-electron chi connectivity index (χ0n) is 26.6. The third-order valence-electron chi connectivity index (χ3n) is 8.46. The Hall–Kier alpha value is -3.81. The number of nitrogens with zero attached hydrogens (tertiary/aromatic N) is 2. The van der Waals surface area contributed by atoms with Crippen LogP contribution < -0.4 is 14.5 Å². The lowest BCUT2D eigenvalue weighted by molar-refractivity contribution is -0.274. The van der Waals surface area contributed by atoms with Crippen molar-refractivity contribution in [2.75, 3.05) is 22.9 Å². The van der Waals surface area contributed by atoms with Crippen molar-refractivity contribution in [2.45, 2.75) is 71.3 Å². The Bertz CT molecular complexity index is 1520. The summed E-state index contributed by atoms with van der Waals surface area (Å²) in [4.78, 5) is 14.8. The summed E-state index contributed by atoms with van der Waals surface area (Å²) in [6, 6.07) is 11.7. The third kappa shape index (κ3) is 11.1. The second-order valence-corrected chi connectivity index (χ2v) is 12.0. The van der Waals surface area contributed by atoms with Crippen LogP contribution in [0.1, 0.15) is 60.4 Å². The van der Waals surface area contributed by atoms with Crippen LogP contribution in [0.4, 0.5) is 50.9 Å². The summed E-state index contributed by atoms with van der Waals surface area (Å²) >= 11 is 0. The van der Waals surface area contributed by atoms with E-state index in [9.17, 15) is 49.4 Å². The number of hydrogen-bond donors (Lipinski definition) is 1. The topological polar surface area (TPSA) is 53.0 Å². The molecule has 15 heteroatoms. The highest BCUT2D eigenvalue weighted by Crippen LogP contribution is 2.38. The van der Waals surface area contributed by atoms with E-state index < -0.39 is 54.0 Å². The van der Waals surface area contributed by atoms with Crippen molar-refractivity contribution >= 4 is 29.8 Å². The molecule has 0 saturated heterocycles. The first-order chi connectivity index (χ1) is 22.3. The Balaban J connectivity index is 0.00000650. The van der Waals surface area contributed by atoms with Gasteiger partial charge in [0.25, 0.3) is 0 Å². The highest BCUT2D eigenvalue weighted by Gasteiger charge is 2.37. The Morgan fingerprint density at radius 2 is 1.37 bits per heavy atom. The van der Waals surface area contributed by atoms with Crippen LogP contribution >= 0.6 is 12.4 Å². The Morgan fingerprint density at radius 3 is 1.86 bits per heavy atom. The van der Waals surface area contributed by atoms with E-state index >= 15 is 0 Å². The Morgan fingerprint density at radius 1 is 0.796 bits per heavy atom. The monoisotopic (exact) mass is 726 g/mol. The molecule has 1 saturated carbocycles. The molecular weight excluding hydrogens is 691 g/mol. The Kier molecular flexibility index (Phi) is 12.8. The quantitative estimate of drug-likeness (QED) is 0.199. The van der Waals surface area contributed by atoms with Crippen molar-refractivity contribution in [3.8, 4) is 5.75 Å². The molecule has 0 aliphatic heterocycles. The van der Waals surface area contributed by atoms with Crippen LogP contribution in [0, 0.1) is 18.8 Å². The molecule has 3 aromatic carbocycles. The summed E-state index contributed by atoms with van der Waals surface area (Å²) < 4.78 is 126. The minimum Gasteiger partial charge on any atom is -0.481 e.